The second kappa shape index (κ2) is 6.88. The molecule has 1 aliphatic rings. The van der Waals surface area contributed by atoms with Crippen molar-refractivity contribution in [3.63, 3.8) is 0 Å². The number of hydrogen-bond donors (Lipinski definition) is 1. The summed E-state index contributed by atoms with van der Waals surface area (Å²) in [6, 6.07) is 6.98. The molecule has 0 spiro atoms. The van der Waals surface area contributed by atoms with Crippen LogP contribution in [-0.4, -0.2) is 20.8 Å². The van der Waals surface area contributed by atoms with E-state index < -0.39 is 10.0 Å². The van der Waals surface area contributed by atoms with Crippen LogP contribution in [0.3, 0.4) is 0 Å². The number of fused-ring (bicyclic) bond motifs is 1. The predicted molar refractivity (Wildman–Crippen MR) is 81.5 cm³/mol. The second-order valence-electron chi connectivity index (χ2n) is 5.10. The third-order valence-corrected chi connectivity index (χ3v) is 4.84. The summed E-state index contributed by atoms with van der Waals surface area (Å²) >= 11 is 0. The van der Waals surface area contributed by atoms with Crippen molar-refractivity contribution < 1.29 is 8.42 Å². The summed E-state index contributed by atoms with van der Waals surface area (Å²) < 4.78 is 26.3. The van der Waals surface area contributed by atoms with Crippen LogP contribution in [0.25, 0.3) is 0 Å². The molecule has 0 fully saturated rings. The highest BCUT2D eigenvalue weighted by molar-refractivity contribution is 7.90. The summed E-state index contributed by atoms with van der Waals surface area (Å²) in [7, 11) is -3.39. The topological polar surface area (TPSA) is 58.5 Å². The molecule has 1 heterocycles. The van der Waals surface area contributed by atoms with E-state index in [-0.39, 0.29) is 0 Å². The highest BCUT2D eigenvalue weighted by atomic mass is 32.2. The molecular weight excluding hydrogens is 272 g/mol. The number of nitrogens with one attached hydrogen (secondary N) is 1. The zero-order chi connectivity index (χ0) is 14.4. The summed E-state index contributed by atoms with van der Waals surface area (Å²) in [6.07, 6.45) is 7.23. The lowest BCUT2D eigenvalue weighted by atomic mass is 10.1. The quantitative estimate of drug-likeness (QED) is 0.786. The largest absolute Gasteiger partial charge is 0.267 e. The Hall–Kier alpha value is -1.36. The molecule has 0 radical (unpaired) electrons. The summed E-state index contributed by atoms with van der Waals surface area (Å²) in [4.78, 5) is 4.74. The van der Waals surface area contributed by atoms with E-state index in [4.69, 9.17) is 0 Å². The fraction of sp³-hybridized carbons (Fsp3) is 0.533. The molecule has 5 heteroatoms. The number of aliphatic imine (C=N–C) groups is 1. The van der Waals surface area contributed by atoms with Gasteiger partial charge < -0.3 is 0 Å². The molecule has 0 aromatic heterocycles. The van der Waals surface area contributed by atoms with Crippen molar-refractivity contribution in [2.45, 2.75) is 50.3 Å². The molecule has 2 rings (SSSR count). The molecular formula is C15H22N2O2S. The van der Waals surface area contributed by atoms with Gasteiger partial charge in [-0.3, -0.25) is 9.71 Å². The number of unbranched alkanes of at least 4 members (excludes halogenated alkanes) is 5. The van der Waals surface area contributed by atoms with Gasteiger partial charge in [-0.15, -0.1) is 0 Å². The van der Waals surface area contributed by atoms with Crippen LogP contribution in [0.2, 0.25) is 0 Å². The Morgan fingerprint density at radius 1 is 1.05 bits per heavy atom. The van der Waals surface area contributed by atoms with Gasteiger partial charge in [-0.2, -0.15) is 0 Å². The van der Waals surface area contributed by atoms with Crippen molar-refractivity contribution in [1.82, 2.24) is 4.72 Å². The average molecular weight is 294 g/mol. The Balaban J connectivity index is 1.90. The normalized spacial score (nSPS) is 17.9. The first kappa shape index (κ1) is 15.0. The molecule has 110 valence electrons. The lowest BCUT2D eigenvalue weighted by Gasteiger charge is -2.00. The van der Waals surface area contributed by atoms with Crippen LogP contribution in [-0.2, 0) is 10.0 Å². The molecule has 0 unspecified atom stereocenters. The van der Waals surface area contributed by atoms with Gasteiger partial charge in [0.05, 0.1) is 4.90 Å². The lowest BCUT2D eigenvalue weighted by Crippen LogP contribution is -2.22. The van der Waals surface area contributed by atoms with Gasteiger partial charge in [0.15, 0.2) is 0 Å². The Kier molecular flexibility index (Phi) is 5.17. The molecule has 0 atom stereocenters. The Labute approximate surface area is 121 Å². The molecule has 1 N–H and O–H groups in total. The summed E-state index contributed by atoms with van der Waals surface area (Å²) in [5, 5.41) is 0. The van der Waals surface area contributed by atoms with Crippen molar-refractivity contribution in [2.75, 3.05) is 6.54 Å². The minimum Gasteiger partial charge on any atom is -0.267 e. The molecule has 0 saturated carbocycles. The van der Waals surface area contributed by atoms with Gasteiger partial charge in [0, 0.05) is 12.1 Å². The van der Waals surface area contributed by atoms with Gasteiger partial charge in [0.2, 0.25) is 0 Å². The van der Waals surface area contributed by atoms with Gasteiger partial charge in [-0.1, -0.05) is 51.2 Å². The summed E-state index contributed by atoms with van der Waals surface area (Å²) in [5.41, 5.74) is 0.693. The van der Waals surface area contributed by atoms with E-state index in [0.717, 1.165) is 12.8 Å². The fourth-order valence-corrected chi connectivity index (χ4v) is 3.59. The van der Waals surface area contributed by atoms with E-state index in [1.54, 1.807) is 18.2 Å². The first-order valence-corrected chi connectivity index (χ1v) is 8.80. The minimum atomic E-state index is -3.39. The molecule has 0 aliphatic carbocycles. The minimum absolute atomic E-state index is 0.335. The van der Waals surface area contributed by atoms with Crippen molar-refractivity contribution in [3.05, 3.63) is 29.8 Å². The van der Waals surface area contributed by atoms with Crippen molar-refractivity contribution in [2.24, 2.45) is 4.99 Å². The van der Waals surface area contributed by atoms with Crippen molar-refractivity contribution in [3.8, 4) is 0 Å². The maximum absolute atomic E-state index is 11.9. The van der Waals surface area contributed by atoms with Crippen LogP contribution < -0.4 is 4.72 Å². The standard InChI is InChI=1S/C15H22N2O2S/c1-2-3-4-5-6-9-12-16-15-13-10-7-8-11-14(13)20(18,19)17-15/h7-8,10-11H,2-6,9,12H2,1H3,(H,16,17). The summed E-state index contributed by atoms with van der Waals surface area (Å²) in [5.74, 6) is 0.495. The van der Waals surface area contributed by atoms with E-state index in [1.807, 2.05) is 6.07 Å². The van der Waals surface area contributed by atoms with Gasteiger partial charge in [0.1, 0.15) is 5.84 Å². The van der Waals surface area contributed by atoms with Gasteiger partial charge >= 0.3 is 0 Å². The number of rotatable bonds is 7. The molecule has 1 aliphatic heterocycles. The first-order valence-electron chi connectivity index (χ1n) is 7.32. The second-order valence-corrected chi connectivity index (χ2v) is 6.75. The smallest absolute Gasteiger partial charge is 0.263 e. The van der Waals surface area contributed by atoms with E-state index in [9.17, 15) is 8.42 Å². The number of hydrogen-bond acceptors (Lipinski definition) is 3. The monoisotopic (exact) mass is 294 g/mol. The maximum atomic E-state index is 11.9. The van der Waals surface area contributed by atoms with Crippen LogP contribution >= 0.6 is 0 Å². The van der Waals surface area contributed by atoms with Gasteiger partial charge in [-0.05, 0) is 18.6 Å². The zero-order valence-electron chi connectivity index (χ0n) is 11.9. The Bertz CT molecular complexity index is 579. The van der Waals surface area contributed by atoms with Crippen molar-refractivity contribution >= 4 is 15.9 Å². The van der Waals surface area contributed by atoms with Crippen LogP contribution in [0.5, 0.6) is 0 Å². The average Bonchev–Trinajstić information content (AvgIpc) is 2.70. The Morgan fingerprint density at radius 3 is 2.55 bits per heavy atom. The van der Waals surface area contributed by atoms with E-state index in [2.05, 4.69) is 16.6 Å². The predicted octanol–water partition coefficient (Wildman–Crippen LogP) is 3.09. The van der Waals surface area contributed by atoms with Crippen LogP contribution in [0.15, 0.2) is 34.2 Å². The third-order valence-electron chi connectivity index (χ3n) is 3.44. The molecule has 20 heavy (non-hydrogen) atoms. The molecule has 0 bridgehead atoms. The molecule has 0 amide bonds. The Morgan fingerprint density at radius 2 is 1.75 bits per heavy atom. The maximum Gasteiger partial charge on any atom is 0.263 e. The van der Waals surface area contributed by atoms with Crippen LogP contribution in [0.4, 0.5) is 0 Å². The van der Waals surface area contributed by atoms with Gasteiger partial charge in [0.25, 0.3) is 10.0 Å². The zero-order valence-corrected chi connectivity index (χ0v) is 12.7. The highest BCUT2D eigenvalue weighted by Gasteiger charge is 2.29. The van der Waals surface area contributed by atoms with Crippen LogP contribution in [0.1, 0.15) is 51.0 Å². The SMILES string of the molecule is CCCCCCCCN=C1NS(=O)(=O)c2ccccc21. The van der Waals surface area contributed by atoms with E-state index in [0.29, 0.717) is 22.8 Å². The highest BCUT2D eigenvalue weighted by Crippen LogP contribution is 2.22. The fourth-order valence-electron chi connectivity index (χ4n) is 2.33. The summed E-state index contributed by atoms with van der Waals surface area (Å²) in [6.45, 7) is 2.88. The van der Waals surface area contributed by atoms with E-state index in [1.165, 1.54) is 25.7 Å². The third kappa shape index (κ3) is 3.60. The van der Waals surface area contributed by atoms with Crippen LogP contribution in [0, 0.1) is 0 Å². The number of nitrogens with zero attached hydrogens (tertiary/aromatic N) is 1. The molecule has 1 aromatic carbocycles. The number of benzene rings is 1. The van der Waals surface area contributed by atoms with Crippen molar-refractivity contribution in [1.29, 1.82) is 0 Å². The lowest BCUT2D eigenvalue weighted by molar-refractivity contribution is 0.595. The first-order chi connectivity index (χ1) is 9.65. The van der Waals surface area contributed by atoms with Gasteiger partial charge in [-0.25, -0.2) is 8.42 Å². The molecule has 0 saturated heterocycles. The number of sulfonamides is 1. The van der Waals surface area contributed by atoms with E-state index >= 15 is 0 Å². The molecule has 4 nitrogen and oxygen atoms in total. The number of amidine groups is 1. The molecule has 1 aromatic rings.